The van der Waals surface area contributed by atoms with Gasteiger partial charge < -0.3 is 19.6 Å². The number of carbonyl (C=O) groups is 2. The summed E-state index contributed by atoms with van der Waals surface area (Å²) in [5.41, 5.74) is 3.50. The van der Waals surface area contributed by atoms with Gasteiger partial charge in [-0.1, -0.05) is 18.2 Å². The third-order valence-electron chi connectivity index (χ3n) is 4.82. The van der Waals surface area contributed by atoms with Crippen LogP contribution in [0.5, 0.6) is 0 Å². The molecule has 0 fully saturated rings. The summed E-state index contributed by atoms with van der Waals surface area (Å²) in [7, 11) is 1.32. The van der Waals surface area contributed by atoms with Gasteiger partial charge in [0, 0.05) is 23.0 Å². The Hall–Kier alpha value is -2.80. The first-order chi connectivity index (χ1) is 12.7. The van der Waals surface area contributed by atoms with Gasteiger partial charge in [0.25, 0.3) is 0 Å². The average Bonchev–Trinajstić information content (AvgIpc) is 3.33. The lowest BCUT2D eigenvalue weighted by Crippen LogP contribution is -2.52. The summed E-state index contributed by atoms with van der Waals surface area (Å²) >= 11 is 5.85. The summed E-state index contributed by atoms with van der Waals surface area (Å²) in [4.78, 5) is 37.2. The molecule has 2 N–H and O–H groups in total. The molecule has 2 unspecified atom stereocenters. The zero-order chi connectivity index (χ0) is 18.3. The molecular formula is C18H17ClN4O3. The highest BCUT2D eigenvalue weighted by molar-refractivity contribution is 6.27. The second-order valence-corrected chi connectivity index (χ2v) is 6.42. The zero-order valence-electron chi connectivity index (χ0n) is 14.0. The van der Waals surface area contributed by atoms with Crippen molar-refractivity contribution >= 4 is 34.4 Å². The molecule has 0 spiro atoms. The number of fused-ring (bicyclic) bond motifs is 3. The van der Waals surface area contributed by atoms with Gasteiger partial charge in [0.1, 0.15) is 18.0 Å². The van der Waals surface area contributed by atoms with Crippen molar-refractivity contribution in [2.24, 2.45) is 0 Å². The van der Waals surface area contributed by atoms with Gasteiger partial charge in [0.15, 0.2) is 0 Å². The van der Waals surface area contributed by atoms with Crippen LogP contribution in [0.15, 0.2) is 36.8 Å². The second-order valence-electron chi connectivity index (χ2n) is 6.15. The van der Waals surface area contributed by atoms with Crippen molar-refractivity contribution in [2.75, 3.05) is 13.0 Å². The van der Waals surface area contributed by atoms with Crippen LogP contribution in [0.1, 0.15) is 23.0 Å². The first-order valence-electron chi connectivity index (χ1n) is 8.18. The summed E-state index contributed by atoms with van der Waals surface area (Å²) in [6.45, 7) is 0. The summed E-state index contributed by atoms with van der Waals surface area (Å²) < 4.78 is 4.97. The number of hydrogen-bond acceptors (Lipinski definition) is 4. The second kappa shape index (κ2) is 6.49. The van der Waals surface area contributed by atoms with Crippen LogP contribution in [-0.4, -0.2) is 50.8 Å². The number of para-hydroxylation sites is 1. The maximum Gasteiger partial charge on any atom is 0.328 e. The van der Waals surface area contributed by atoms with Crippen LogP contribution in [0.25, 0.3) is 10.9 Å². The molecule has 7 nitrogen and oxygen atoms in total. The number of carbonyl (C=O) groups excluding carboxylic acids is 2. The van der Waals surface area contributed by atoms with Gasteiger partial charge in [-0.05, 0) is 11.6 Å². The van der Waals surface area contributed by atoms with Crippen molar-refractivity contribution in [1.29, 1.82) is 0 Å². The number of alkyl halides is 1. The Bertz CT molecular complexity index is 966. The first-order valence-corrected chi connectivity index (χ1v) is 8.71. The van der Waals surface area contributed by atoms with Crippen molar-refractivity contribution in [2.45, 2.75) is 18.5 Å². The van der Waals surface area contributed by atoms with Crippen LogP contribution < -0.4 is 0 Å². The molecule has 2 aromatic heterocycles. The number of nitrogens with zero attached hydrogens (tertiary/aromatic N) is 2. The highest BCUT2D eigenvalue weighted by atomic mass is 35.5. The fraction of sp³-hybridized carbons (Fsp3) is 0.278. The summed E-state index contributed by atoms with van der Waals surface area (Å²) in [5.74, 6) is -1.04. The predicted octanol–water partition coefficient (Wildman–Crippen LogP) is 2.15. The van der Waals surface area contributed by atoms with E-state index in [1.807, 2.05) is 24.3 Å². The SMILES string of the molecule is COC(=O)C1Cc2c([nH]c3ccccc23)C(c2cnc[nH]2)N1C(=O)CCl. The van der Waals surface area contributed by atoms with Gasteiger partial charge >= 0.3 is 5.97 Å². The molecule has 1 aliphatic rings. The largest absolute Gasteiger partial charge is 0.467 e. The average molecular weight is 373 g/mol. The molecule has 8 heteroatoms. The number of aromatic nitrogens is 3. The van der Waals surface area contributed by atoms with E-state index in [2.05, 4.69) is 15.0 Å². The number of benzene rings is 1. The van der Waals surface area contributed by atoms with Gasteiger partial charge in [-0.2, -0.15) is 0 Å². The van der Waals surface area contributed by atoms with E-state index in [-0.39, 0.29) is 11.8 Å². The Balaban J connectivity index is 1.97. The monoisotopic (exact) mass is 372 g/mol. The minimum atomic E-state index is -0.758. The zero-order valence-corrected chi connectivity index (χ0v) is 14.8. The number of methoxy groups -OCH3 is 1. The molecule has 0 saturated carbocycles. The predicted molar refractivity (Wildman–Crippen MR) is 95.8 cm³/mol. The molecule has 4 rings (SSSR count). The third kappa shape index (κ3) is 2.47. The molecule has 2 atom stereocenters. The molecule has 3 heterocycles. The van der Waals surface area contributed by atoms with Crippen molar-refractivity contribution in [3.63, 3.8) is 0 Å². The summed E-state index contributed by atoms with van der Waals surface area (Å²) in [6, 6.07) is 6.58. The van der Waals surface area contributed by atoms with Crippen LogP contribution >= 0.6 is 11.6 Å². The van der Waals surface area contributed by atoms with Crippen LogP contribution in [-0.2, 0) is 20.7 Å². The maximum absolute atomic E-state index is 12.7. The van der Waals surface area contributed by atoms with Gasteiger partial charge in [-0.25, -0.2) is 9.78 Å². The number of rotatable bonds is 3. The number of amides is 1. The Morgan fingerprint density at radius 1 is 1.38 bits per heavy atom. The number of esters is 1. The number of hydrogen-bond donors (Lipinski definition) is 2. The molecule has 0 radical (unpaired) electrons. The minimum absolute atomic E-state index is 0.228. The fourth-order valence-corrected chi connectivity index (χ4v) is 3.86. The molecule has 134 valence electrons. The van der Waals surface area contributed by atoms with Crippen molar-refractivity contribution in [1.82, 2.24) is 19.9 Å². The lowest BCUT2D eigenvalue weighted by Gasteiger charge is -2.39. The van der Waals surface area contributed by atoms with Crippen LogP contribution in [0.2, 0.25) is 0 Å². The lowest BCUT2D eigenvalue weighted by atomic mass is 9.90. The van der Waals surface area contributed by atoms with Crippen LogP contribution in [0, 0.1) is 0 Å². The highest BCUT2D eigenvalue weighted by Gasteiger charge is 2.44. The van der Waals surface area contributed by atoms with E-state index in [1.165, 1.54) is 12.0 Å². The highest BCUT2D eigenvalue weighted by Crippen LogP contribution is 2.40. The number of halogens is 1. The van der Waals surface area contributed by atoms with Gasteiger partial charge in [0.05, 0.1) is 25.3 Å². The van der Waals surface area contributed by atoms with Crippen LogP contribution in [0.3, 0.4) is 0 Å². The molecule has 26 heavy (non-hydrogen) atoms. The van der Waals surface area contributed by atoms with E-state index in [0.717, 1.165) is 22.2 Å². The number of ether oxygens (including phenoxy) is 1. The Labute approximate surface area is 154 Å². The van der Waals surface area contributed by atoms with Gasteiger partial charge in [-0.3, -0.25) is 4.79 Å². The summed E-state index contributed by atoms with van der Waals surface area (Å²) in [5, 5.41) is 1.03. The van der Waals surface area contributed by atoms with Gasteiger partial charge in [0.2, 0.25) is 5.91 Å². The van der Waals surface area contributed by atoms with E-state index in [0.29, 0.717) is 12.1 Å². The van der Waals surface area contributed by atoms with E-state index in [1.54, 1.807) is 12.5 Å². The number of imidazole rings is 1. The Kier molecular flexibility index (Phi) is 4.16. The standard InChI is InChI=1S/C18H17ClN4O3/c1-26-18(25)14-6-11-10-4-2-3-5-12(10)22-16(11)17(13-8-20-9-21-13)23(14)15(24)7-19/h2-5,8-9,14,17,22H,6-7H2,1H3,(H,20,21). The Morgan fingerprint density at radius 2 is 2.19 bits per heavy atom. The maximum atomic E-state index is 12.7. The van der Waals surface area contributed by atoms with E-state index < -0.39 is 18.1 Å². The number of nitrogens with one attached hydrogen (secondary N) is 2. The fourth-order valence-electron chi connectivity index (χ4n) is 3.73. The lowest BCUT2D eigenvalue weighted by molar-refractivity contribution is -0.154. The van der Waals surface area contributed by atoms with E-state index >= 15 is 0 Å². The number of aromatic amines is 2. The van der Waals surface area contributed by atoms with Crippen LogP contribution in [0.4, 0.5) is 0 Å². The molecule has 0 saturated heterocycles. The smallest absolute Gasteiger partial charge is 0.328 e. The quantitative estimate of drug-likeness (QED) is 0.544. The normalized spacial score (nSPS) is 19.4. The third-order valence-corrected chi connectivity index (χ3v) is 5.05. The molecule has 1 aromatic carbocycles. The van der Waals surface area contributed by atoms with E-state index in [4.69, 9.17) is 16.3 Å². The summed E-state index contributed by atoms with van der Waals surface area (Å²) in [6.07, 6.45) is 3.55. The van der Waals surface area contributed by atoms with Gasteiger partial charge in [-0.15, -0.1) is 11.6 Å². The molecule has 0 bridgehead atoms. The Morgan fingerprint density at radius 3 is 2.88 bits per heavy atom. The number of H-pyrrole nitrogens is 2. The molecular weight excluding hydrogens is 356 g/mol. The van der Waals surface area contributed by atoms with Crippen molar-refractivity contribution in [3.8, 4) is 0 Å². The molecule has 1 amide bonds. The minimum Gasteiger partial charge on any atom is -0.467 e. The first kappa shape index (κ1) is 16.7. The molecule has 1 aliphatic heterocycles. The van der Waals surface area contributed by atoms with Crippen molar-refractivity contribution in [3.05, 3.63) is 53.7 Å². The topological polar surface area (TPSA) is 91.1 Å². The molecule has 0 aliphatic carbocycles. The molecule has 3 aromatic rings. The van der Waals surface area contributed by atoms with E-state index in [9.17, 15) is 9.59 Å². The van der Waals surface area contributed by atoms with Crippen molar-refractivity contribution < 1.29 is 14.3 Å².